The molecule has 1 saturated heterocycles. The molecule has 1 fully saturated rings. The van der Waals surface area contributed by atoms with Crippen molar-refractivity contribution in [2.75, 3.05) is 13.7 Å². The van der Waals surface area contributed by atoms with Crippen LogP contribution in [0.2, 0.25) is 0 Å². The van der Waals surface area contributed by atoms with Crippen LogP contribution in [-0.2, 0) is 15.1 Å². The first-order valence-electron chi connectivity index (χ1n) is 8.50. The fourth-order valence-corrected chi connectivity index (χ4v) is 3.71. The van der Waals surface area contributed by atoms with Crippen LogP contribution >= 0.6 is 0 Å². The lowest BCUT2D eigenvalue weighted by Gasteiger charge is -2.48. The predicted octanol–water partition coefficient (Wildman–Crippen LogP) is 2.23. The topological polar surface area (TPSA) is 73.1 Å². The lowest BCUT2D eigenvalue weighted by Crippen LogP contribution is -2.55. The first kappa shape index (κ1) is 17.5. The summed E-state index contributed by atoms with van der Waals surface area (Å²) >= 11 is 0. The van der Waals surface area contributed by atoms with Crippen molar-refractivity contribution in [3.05, 3.63) is 35.7 Å². The molecule has 2 aromatic rings. The number of aromatic nitrogens is 4. The van der Waals surface area contributed by atoms with Gasteiger partial charge in [0, 0.05) is 33.4 Å². The summed E-state index contributed by atoms with van der Waals surface area (Å²) in [4.78, 5) is 14.0. The Morgan fingerprint density at radius 2 is 2.04 bits per heavy atom. The molecule has 0 bridgehead atoms. The zero-order valence-corrected chi connectivity index (χ0v) is 15.5. The van der Waals surface area contributed by atoms with Crippen LogP contribution in [0.4, 0.5) is 0 Å². The van der Waals surface area contributed by atoms with Crippen molar-refractivity contribution >= 4 is 5.91 Å². The molecule has 1 aliphatic rings. The number of para-hydroxylation sites is 1. The minimum atomic E-state index is -0.612. The SMILES string of the molecule is CC(=O)N(C)[C@@]1(c2nnnn2-c2ccccc2C)CCOC(C)(C)C1. The lowest BCUT2D eigenvalue weighted by atomic mass is 9.79. The Bertz CT molecular complexity index is 785. The van der Waals surface area contributed by atoms with E-state index in [2.05, 4.69) is 15.5 Å². The molecule has 1 aromatic carbocycles. The molecule has 25 heavy (non-hydrogen) atoms. The number of carbonyl (C=O) groups excluding carboxylic acids is 1. The monoisotopic (exact) mass is 343 g/mol. The van der Waals surface area contributed by atoms with Crippen molar-refractivity contribution < 1.29 is 9.53 Å². The van der Waals surface area contributed by atoms with Crippen molar-refractivity contribution in [2.24, 2.45) is 0 Å². The van der Waals surface area contributed by atoms with E-state index < -0.39 is 5.54 Å². The van der Waals surface area contributed by atoms with E-state index in [4.69, 9.17) is 4.74 Å². The molecule has 0 spiro atoms. The maximum absolute atomic E-state index is 12.3. The maximum Gasteiger partial charge on any atom is 0.220 e. The Morgan fingerprint density at radius 3 is 2.68 bits per heavy atom. The second-order valence-electron chi connectivity index (χ2n) is 7.35. The van der Waals surface area contributed by atoms with Crippen LogP contribution in [0, 0.1) is 6.92 Å². The highest BCUT2D eigenvalue weighted by Gasteiger charge is 2.49. The summed E-state index contributed by atoms with van der Waals surface area (Å²) in [6.45, 7) is 8.22. The summed E-state index contributed by atoms with van der Waals surface area (Å²) < 4.78 is 7.66. The van der Waals surface area contributed by atoms with Gasteiger partial charge in [0.1, 0.15) is 5.54 Å². The summed E-state index contributed by atoms with van der Waals surface area (Å²) in [5.41, 5.74) is 1.01. The quantitative estimate of drug-likeness (QED) is 0.854. The van der Waals surface area contributed by atoms with E-state index in [-0.39, 0.29) is 11.5 Å². The molecule has 3 rings (SSSR count). The Kier molecular flexibility index (Phi) is 4.36. The van der Waals surface area contributed by atoms with Gasteiger partial charge in [0.25, 0.3) is 0 Å². The summed E-state index contributed by atoms with van der Waals surface area (Å²) in [5.74, 6) is 0.660. The zero-order valence-electron chi connectivity index (χ0n) is 15.5. The predicted molar refractivity (Wildman–Crippen MR) is 93.3 cm³/mol. The molecule has 1 aliphatic heterocycles. The summed E-state index contributed by atoms with van der Waals surface area (Å²) in [6, 6.07) is 7.96. The number of amides is 1. The Labute approximate surface area is 148 Å². The van der Waals surface area contributed by atoms with E-state index >= 15 is 0 Å². The molecule has 1 atom stereocenters. The molecule has 0 unspecified atom stereocenters. The molecule has 0 saturated carbocycles. The van der Waals surface area contributed by atoms with Crippen molar-refractivity contribution in [3.8, 4) is 5.69 Å². The molecule has 0 radical (unpaired) electrons. The van der Waals surface area contributed by atoms with Gasteiger partial charge in [0.2, 0.25) is 5.91 Å². The van der Waals surface area contributed by atoms with Gasteiger partial charge in [-0.15, -0.1) is 5.10 Å². The van der Waals surface area contributed by atoms with Gasteiger partial charge < -0.3 is 9.64 Å². The van der Waals surface area contributed by atoms with Gasteiger partial charge in [-0.3, -0.25) is 4.79 Å². The molecule has 134 valence electrons. The van der Waals surface area contributed by atoms with E-state index in [9.17, 15) is 4.79 Å². The summed E-state index contributed by atoms with van der Waals surface area (Å²) in [7, 11) is 1.82. The average molecular weight is 343 g/mol. The molecule has 0 aliphatic carbocycles. The van der Waals surface area contributed by atoms with E-state index in [0.717, 1.165) is 11.3 Å². The fourth-order valence-electron chi connectivity index (χ4n) is 3.71. The molecule has 1 aromatic heterocycles. The Balaban J connectivity index is 2.18. The highest BCUT2D eigenvalue weighted by atomic mass is 16.5. The van der Waals surface area contributed by atoms with E-state index in [1.165, 1.54) is 0 Å². The third kappa shape index (κ3) is 3.04. The minimum absolute atomic E-state index is 0.0166. The second-order valence-corrected chi connectivity index (χ2v) is 7.35. The van der Waals surface area contributed by atoms with Gasteiger partial charge in [-0.25, -0.2) is 0 Å². The summed E-state index contributed by atoms with van der Waals surface area (Å²) in [6.07, 6.45) is 1.28. The number of rotatable bonds is 3. The highest BCUT2D eigenvalue weighted by molar-refractivity contribution is 5.74. The largest absolute Gasteiger partial charge is 0.375 e. The first-order chi connectivity index (χ1) is 11.8. The standard InChI is InChI=1S/C18H25N5O2/c1-13-8-6-7-9-15(13)23-16(19-20-21-23)18(22(5)14(2)24)10-11-25-17(3,4)12-18/h6-9H,10-12H2,1-5H3/t18-/m0/s1. The third-order valence-corrected chi connectivity index (χ3v) is 5.07. The second kappa shape index (κ2) is 6.22. The molecular weight excluding hydrogens is 318 g/mol. The van der Waals surface area contributed by atoms with Gasteiger partial charge in [-0.2, -0.15) is 4.68 Å². The van der Waals surface area contributed by atoms with E-state index in [0.29, 0.717) is 25.3 Å². The number of aryl methyl sites for hydroxylation is 1. The van der Waals surface area contributed by atoms with Crippen LogP contribution in [0.1, 0.15) is 45.0 Å². The molecule has 1 amide bonds. The maximum atomic E-state index is 12.3. The minimum Gasteiger partial charge on any atom is -0.375 e. The number of hydrogen-bond acceptors (Lipinski definition) is 5. The zero-order chi connectivity index (χ0) is 18.2. The Morgan fingerprint density at radius 1 is 1.32 bits per heavy atom. The van der Waals surface area contributed by atoms with Gasteiger partial charge >= 0.3 is 0 Å². The average Bonchev–Trinajstić information content (AvgIpc) is 3.03. The van der Waals surface area contributed by atoms with Crippen LogP contribution in [0.5, 0.6) is 0 Å². The molecule has 7 heteroatoms. The number of ether oxygens (including phenoxy) is 1. The molecule has 0 N–H and O–H groups in total. The van der Waals surface area contributed by atoms with Crippen molar-refractivity contribution in [3.63, 3.8) is 0 Å². The van der Waals surface area contributed by atoms with Gasteiger partial charge in [0.05, 0.1) is 11.3 Å². The van der Waals surface area contributed by atoms with E-state index in [1.54, 1.807) is 16.5 Å². The van der Waals surface area contributed by atoms with Crippen molar-refractivity contribution in [1.82, 2.24) is 25.1 Å². The van der Waals surface area contributed by atoms with Crippen molar-refractivity contribution in [2.45, 2.75) is 51.7 Å². The molecular formula is C18H25N5O2. The third-order valence-electron chi connectivity index (χ3n) is 5.07. The highest BCUT2D eigenvalue weighted by Crippen LogP contribution is 2.43. The van der Waals surface area contributed by atoms with E-state index in [1.807, 2.05) is 52.1 Å². The number of benzene rings is 1. The van der Waals surface area contributed by atoms with Crippen LogP contribution in [0.15, 0.2) is 24.3 Å². The Hall–Kier alpha value is -2.28. The number of tetrazole rings is 1. The molecule has 7 nitrogen and oxygen atoms in total. The number of nitrogens with zero attached hydrogens (tertiary/aromatic N) is 5. The lowest BCUT2D eigenvalue weighted by molar-refractivity contribution is -0.151. The number of hydrogen-bond donors (Lipinski definition) is 0. The normalized spacial score (nSPS) is 22.6. The van der Waals surface area contributed by atoms with Gasteiger partial charge in [-0.1, -0.05) is 18.2 Å². The van der Waals surface area contributed by atoms with Crippen LogP contribution in [0.25, 0.3) is 5.69 Å². The van der Waals surface area contributed by atoms with Crippen LogP contribution in [0.3, 0.4) is 0 Å². The van der Waals surface area contributed by atoms with Crippen molar-refractivity contribution in [1.29, 1.82) is 0 Å². The fraction of sp³-hybridized carbons (Fsp3) is 0.556. The van der Waals surface area contributed by atoms with Crippen LogP contribution < -0.4 is 0 Å². The first-order valence-corrected chi connectivity index (χ1v) is 8.50. The number of carbonyl (C=O) groups is 1. The van der Waals surface area contributed by atoms with Crippen LogP contribution in [-0.4, -0.2) is 50.3 Å². The smallest absolute Gasteiger partial charge is 0.220 e. The van der Waals surface area contributed by atoms with Gasteiger partial charge in [0.15, 0.2) is 5.82 Å². The molecule has 2 heterocycles. The summed E-state index contributed by atoms with van der Waals surface area (Å²) in [5, 5.41) is 12.5. The van der Waals surface area contributed by atoms with Gasteiger partial charge in [-0.05, 0) is 42.8 Å².